The maximum Gasteiger partial charge on any atom is 0.435 e. The van der Waals surface area contributed by atoms with Crippen LogP contribution in [0.1, 0.15) is 36.7 Å². The summed E-state index contributed by atoms with van der Waals surface area (Å²) in [6.45, 7) is 1.74. The summed E-state index contributed by atoms with van der Waals surface area (Å²) in [5.41, 5.74) is -3.72. The second-order valence-corrected chi connectivity index (χ2v) is 4.00. The molecule has 0 aromatic carbocycles. The number of hydrogen-bond acceptors (Lipinski definition) is 1. The molecule has 0 radical (unpaired) electrons. The molecule has 0 atom stereocenters. The van der Waals surface area contributed by atoms with E-state index in [2.05, 4.69) is 16.9 Å². The molecule has 8 heteroatoms. The van der Waals surface area contributed by atoms with Gasteiger partial charge in [0.15, 0.2) is 5.69 Å². The predicted octanol–water partition coefficient (Wildman–Crippen LogP) is 3.80. The van der Waals surface area contributed by atoms with Gasteiger partial charge in [0, 0.05) is 25.5 Å². The highest BCUT2D eigenvalue weighted by Crippen LogP contribution is 2.39. The van der Waals surface area contributed by atoms with Crippen LogP contribution in [0, 0.1) is 11.8 Å². The van der Waals surface area contributed by atoms with E-state index in [0.29, 0.717) is 6.42 Å². The van der Waals surface area contributed by atoms with E-state index in [4.69, 9.17) is 0 Å². The fourth-order valence-electron chi connectivity index (χ4n) is 1.79. The Hall–Kier alpha value is -1.65. The number of halogens is 6. The monoisotopic (exact) mass is 298 g/mol. The molecule has 0 bridgehead atoms. The third-order valence-electron chi connectivity index (χ3n) is 2.48. The molecule has 1 aromatic rings. The van der Waals surface area contributed by atoms with Gasteiger partial charge in [-0.3, -0.25) is 4.68 Å². The number of alkyl halides is 6. The highest BCUT2D eigenvalue weighted by atomic mass is 19.4. The van der Waals surface area contributed by atoms with Crippen LogP contribution in [0.2, 0.25) is 0 Å². The Morgan fingerprint density at radius 2 is 1.65 bits per heavy atom. The fraction of sp³-hybridized carbons (Fsp3) is 0.583. The Morgan fingerprint density at radius 1 is 1.05 bits per heavy atom. The van der Waals surface area contributed by atoms with Gasteiger partial charge in [-0.1, -0.05) is 6.92 Å². The van der Waals surface area contributed by atoms with Gasteiger partial charge in [-0.2, -0.15) is 31.4 Å². The van der Waals surface area contributed by atoms with E-state index < -0.39 is 35.7 Å². The standard InChI is InChI=1S/C12H12F6N2/c1-3-4-5-6-7-8-9(11(13,14)15)19-20(2)10(8)12(16,17)18/h3,6-7H2,1-2H3. The summed E-state index contributed by atoms with van der Waals surface area (Å²) in [7, 11) is 0.847. The highest BCUT2D eigenvalue weighted by Gasteiger charge is 2.45. The zero-order chi connectivity index (χ0) is 15.6. The fourth-order valence-corrected chi connectivity index (χ4v) is 1.79. The van der Waals surface area contributed by atoms with Crippen LogP contribution in [-0.2, 0) is 25.8 Å². The topological polar surface area (TPSA) is 17.8 Å². The number of aromatic nitrogens is 2. The van der Waals surface area contributed by atoms with Crippen molar-refractivity contribution in [3.05, 3.63) is 17.0 Å². The first kappa shape index (κ1) is 16.4. The molecule has 0 unspecified atom stereocenters. The first-order chi connectivity index (χ1) is 9.09. The normalized spacial score (nSPS) is 12.2. The second-order valence-electron chi connectivity index (χ2n) is 4.00. The molecule has 0 spiro atoms. The third-order valence-corrected chi connectivity index (χ3v) is 2.48. The second kappa shape index (κ2) is 5.77. The zero-order valence-electron chi connectivity index (χ0n) is 10.8. The SMILES string of the molecule is CCC#CCCc1c(C(F)(F)F)nn(C)c1C(F)(F)F. The van der Waals surface area contributed by atoms with Gasteiger partial charge in [-0.25, -0.2) is 0 Å². The lowest BCUT2D eigenvalue weighted by atomic mass is 10.1. The van der Waals surface area contributed by atoms with Crippen LogP contribution >= 0.6 is 0 Å². The molecule has 0 saturated carbocycles. The van der Waals surface area contributed by atoms with Crippen molar-refractivity contribution < 1.29 is 26.3 Å². The van der Waals surface area contributed by atoms with Crippen LogP contribution in [0.3, 0.4) is 0 Å². The van der Waals surface area contributed by atoms with Crippen molar-refractivity contribution in [3.8, 4) is 11.8 Å². The maximum absolute atomic E-state index is 12.8. The maximum atomic E-state index is 12.8. The van der Waals surface area contributed by atoms with Crippen LogP contribution in [0.15, 0.2) is 0 Å². The van der Waals surface area contributed by atoms with E-state index >= 15 is 0 Å². The van der Waals surface area contributed by atoms with Crippen molar-refractivity contribution in [1.29, 1.82) is 0 Å². The van der Waals surface area contributed by atoms with E-state index in [1.807, 2.05) is 0 Å². The van der Waals surface area contributed by atoms with Gasteiger partial charge >= 0.3 is 12.4 Å². The van der Waals surface area contributed by atoms with E-state index in [9.17, 15) is 26.3 Å². The van der Waals surface area contributed by atoms with E-state index in [1.54, 1.807) is 6.92 Å². The van der Waals surface area contributed by atoms with Crippen LogP contribution in [-0.4, -0.2) is 9.78 Å². The zero-order valence-corrected chi connectivity index (χ0v) is 10.8. The minimum atomic E-state index is -4.92. The summed E-state index contributed by atoms with van der Waals surface area (Å²) in [4.78, 5) is 0. The Bertz CT molecular complexity index is 527. The summed E-state index contributed by atoms with van der Waals surface area (Å²) >= 11 is 0. The van der Waals surface area contributed by atoms with Crippen molar-refractivity contribution in [2.75, 3.05) is 0 Å². The van der Waals surface area contributed by atoms with Gasteiger partial charge < -0.3 is 0 Å². The lowest BCUT2D eigenvalue weighted by molar-refractivity contribution is -0.145. The molecule has 0 amide bonds. The van der Waals surface area contributed by atoms with Gasteiger partial charge in [-0.15, -0.1) is 11.8 Å². The van der Waals surface area contributed by atoms with Gasteiger partial charge in [-0.05, 0) is 6.42 Å². The Balaban J connectivity index is 3.28. The van der Waals surface area contributed by atoms with Crippen molar-refractivity contribution in [2.24, 2.45) is 7.05 Å². The Kier molecular flexibility index (Phi) is 4.73. The molecule has 0 N–H and O–H groups in total. The van der Waals surface area contributed by atoms with Gasteiger partial charge in [0.05, 0.1) is 0 Å². The van der Waals surface area contributed by atoms with Crippen molar-refractivity contribution in [2.45, 2.75) is 38.5 Å². The predicted molar refractivity (Wildman–Crippen MR) is 59.6 cm³/mol. The average molecular weight is 298 g/mol. The minimum Gasteiger partial charge on any atom is -0.263 e. The van der Waals surface area contributed by atoms with Crippen LogP contribution in [0.4, 0.5) is 26.3 Å². The molecule has 20 heavy (non-hydrogen) atoms. The summed E-state index contributed by atoms with van der Waals surface area (Å²) < 4.78 is 76.9. The number of rotatable bonds is 2. The Labute approximate surface area is 111 Å². The molecule has 0 aliphatic carbocycles. The van der Waals surface area contributed by atoms with E-state index in [0.717, 1.165) is 7.05 Å². The molecular weight excluding hydrogens is 286 g/mol. The molecular formula is C12H12F6N2. The molecule has 1 heterocycles. The summed E-state index contributed by atoms with van der Waals surface area (Å²) in [6.07, 6.45) is -9.84. The minimum absolute atomic E-state index is 0.0777. The van der Waals surface area contributed by atoms with Crippen molar-refractivity contribution >= 4 is 0 Å². The van der Waals surface area contributed by atoms with E-state index in [1.165, 1.54) is 0 Å². The first-order valence-electron chi connectivity index (χ1n) is 5.75. The van der Waals surface area contributed by atoms with Crippen LogP contribution in [0.5, 0.6) is 0 Å². The molecule has 2 nitrogen and oxygen atoms in total. The van der Waals surface area contributed by atoms with Gasteiger partial charge in [0.1, 0.15) is 5.69 Å². The molecule has 112 valence electrons. The van der Waals surface area contributed by atoms with Crippen LogP contribution in [0.25, 0.3) is 0 Å². The van der Waals surface area contributed by atoms with Crippen molar-refractivity contribution in [1.82, 2.24) is 9.78 Å². The summed E-state index contributed by atoms with van der Waals surface area (Å²) in [5, 5.41) is 2.97. The highest BCUT2D eigenvalue weighted by molar-refractivity contribution is 5.31. The molecule has 1 aromatic heterocycles. The molecule has 0 saturated heterocycles. The quantitative estimate of drug-likeness (QED) is 0.600. The largest absolute Gasteiger partial charge is 0.435 e. The summed E-state index contributed by atoms with van der Waals surface area (Å²) in [5.74, 6) is 5.13. The lowest BCUT2D eigenvalue weighted by Gasteiger charge is -2.10. The summed E-state index contributed by atoms with van der Waals surface area (Å²) in [6, 6.07) is 0. The Morgan fingerprint density at radius 3 is 2.10 bits per heavy atom. The first-order valence-corrected chi connectivity index (χ1v) is 5.75. The smallest absolute Gasteiger partial charge is 0.263 e. The van der Waals surface area contributed by atoms with Gasteiger partial charge in [0.2, 0.25) is 0 Å². The number of hydrogen-bond donors (Lipinski definition) is 0. The lowest BCUT2D eigenvalue weighted by Crippen LogP contribution is -2.14. The number of nitrogens with zero attached hydrogens (tertiary/aromatic N) is 2. The van der Waals surface area contributed by atoms with Crippen molar-refractivity contribution in [3.63, 3.8) is 0 Å². The van der Waals surface area contributed by atoms with Gasteiger partial charge in [0.25, 0.3) is 0 Å². The van der Waals surface area contributed by atoms with E-state index in [-0.39, 0.29) is 11.1 Å². The average Bonchev–Trinajstić information content (AvgIpc) is 2.61. The number of aryl methyl sites for hydroxylation is 1. The molecule has 1 rings (SSSR count). The third kappa shape index (κ3) is 3.68. The van der Waals surface area contributed by atoms with Crippen LogP contribution < -0.4 is 0 Å². The molecule has 0 fully saturated rings. The molecule has 0 aliphatic rings. The molecule has 0 aliphatic heterocycles.